The molecular weight excluding hydrogens is 780 g/mol. The summed E-state index contributed by atoms with van der Waals surface area (Å²) in [5.74, 6) is 4.15. The Morgan fingerprint density at radius 3 is 0.877 bits per heavy atom. The standard InChI is InChI=1S/C42H63O6P.CHF3O3S/c1-37(2,3)43-28-24-31(45-39(7,8)9)35(32(25-28)46-40(10,11)12)49(30-22-20-19-21-23-30)36-33(47-41(13,14)15)26-29(44-38(4,5)6)27-34(36)48-42(16,17)18;2-1(3,4)8(5,6)7/h19-27H,1-18H3;(H,5,6,7). The van der Waals surface area contributed by atoms with Crippen molar-refractivity contribution in [3.05, 3.63) is 54.6 Å². The molecule has 0 aromatic heterocycles. The van der Waals surface area contributed by atoms with Crippen LogP contribution in [0.2, 0.25) is 0 Å². The molecule has 0 saturated heterocycles. The molecule has 0 aliphatic carbocycles. The molecule has 0 saturated carbocycles. The molecule has 3 rings (SSSR count). The van der Waals surface area contributed by atoms with Gasteiger partial charge in [-0.3, -0.25) is 0 Å². The molecule has 0 bridgehead atoms. The largest absolute Gasteiger partial charge is 0.741 e. The van der Waals surface area contributed by atoms with Gasteiger partial charge in [0.05, 0.1) is 0 Å². The maximum Gasteiger partial charge on any atom is 0.485 e. The predicted octanol–water partition coefficient (Wildman–Crippen LogP) is 10.3. The fourth-order valence-corrected chi connectivity index (χ4v) is 7.94. The van der Waals surface area contributed by atoms with Gasteiger partial charge in [0.1, 0.15) is 58.3 Å². The smallest absolute Gasteiger partial charge is 0.485 e. The van der Waals surface area contributed by atoms with Crippen molar-refractivity contribution in [2.45, 2.75) is 164 Å². The van der Waals surface area contributed by atoms with Crippen molar-refractivity contribution in [3.63, 3.8) is 0 Å². The highest BCUT2D eigenvalue weighted by Crippen LogP contribution is 2.50. The van der Waals surface area contributed by atoms with Crippen LogP contribution in [0.25, 0.3) is 0 Å². The summed E-state index contributed by atoms with van der Waals surface area (Å²) < 4.78 is 99.5. The van der Waals surface area contributed by atoms with E-state index in [9.17, 15) is 13.2 Å². The molecule has 57 heavy (non-hydrogen) atoms. The number of alkyl halides is 3. The highest BCUT2D eigenvalue weighted by molar-refractivity contribution is 7.86. The summed E-state index contributed by atoms with van der Waals surface area (Å²) in [5, 5.41) is 3.02. The van der Waals surface area contributed by atoms with Crippen LogP contribution in [0.15, 0.2) is 54.6 Å². The number of halogens is 3. The lowest BCUT2D eigenvalue weighted by Gasteiger charge is -2.32. The average Bonchev–Trinajstić information content (AvgIpc) is 2.90. The van der Waals surface area contributed by atoms with Crippen LogP contribution in [-0.4, -0.2) is 52.1 Å². The second-order valence-electron chi connectivity index (χ2n) is 19.5. The van der Waals surface area contributed by atoms with Crippen LogP contribution in [0.4, 0.5) is 13.2 Å². The Hall–Kier alpha value is -3.41. The Labute approximate surface area is 340 Å². The first-order valence-electron chi connectivity index (χ1n) is 18.7. The maximum atomic E-state index is 10.7. The van der Waals surface area contributed by atoms with Crippen molar-refractivity contribution in [2.75, 3.05) is 0 Å². The zero-order chi connectivity index (χ0) is 44.4. The van der Waals surface area contributed by atoms with Crippen LogP contribution in [0.1, 0.15) is 125 Å². The van der Waals surface area contributed by atoms with Gasteiger partial charge in [0.15, 0.2) is 43.7 Å². The number of ether oxygens (including phenoxy) is 6. The fourth-order valence-electron chi connectivity index (χ4n) is 5.11. The summed E-state index contributed by atoms with van der Waals surface area (Å²) >= 11 is 0. The molecule has 14 heteroatoms. The molecule has 0 unspecified atom stereocenters. The van der Waals surface area contributed by atoms with Crippen molar-refractivity contribution < 1.29 is 54.6 Å². The minimum absolute atomic E-state index is 0.433. The molecule has 0 aliphatic rings. The minimum Gasteiger partial charge on any atom is -0.741 e. The lowest BCUT2D eigenvalue weighted by Crippen LogP contribution is -2.35. The number of hydrogen-bond acceptors (Lipinski definition) is 9. The summed E-state index contributed by atoms with van der Waals surface area (Å²) in [5.41, 5.74) is -8.58. The van der Waals surface area contributed by atoms with Crippen LogP contribution in [0.5, 0.6) is 34.5 Å². The second kappa shape index (κ2) is 17.4. The molecule has 0 amide bonds. The van der Waals surface area contributed by atoms with Gasteiger partial charge in [-0.25, -0.2) is 8.42 Å². The van der Waals surface area contributed by atoms with Crippen LogP contribution < -0.4 is 44.3 Å². The van der Waals surface area contributed by atoms with Crippen molar-refractivity contribution in [1.29, 1.82) is 0 Å². The summed E-state index contributed by atoms with van der Waals surface area (Å²) in [6.45, 7) is 37.0. The summed E-state index contributed by atoms with van der Waals surface area (Å²) in [7, 11) is -8.10. The van der Waals surface area contributed by atoms with Crippen LogP contribution in [0, 0.1) is 0 Å². The topological polar surface area (TPSA) is 113 Å². The summed E-state index contributed by atoms with van der Waals surface area (Å²) in [6, 6.07) is 18.6. The monoisotopic (exact) mass is 844 g/mol. The third-order valence-electron chi connectivity index (χ3n) is 6.44. The summed E-state index contributed by atoms with van der Waals surface area (Å²) in [6.07, 6.45) is 0. The third kappa shape index (κ3) is 17.5. The third-order valence-corrected chi connectivity index (χ3v) is 9.90. The van der Waals surface area contributed by atoms with Crippen LogP contribution in [-0.2, 0) is 10.1 Å². The predicted molar refractivity (Wildman–Crippen MR) is 225 cm³/mol. The van der Waals surface area contributed by atoms with E-state index >= 15 is 0 Å². The van der Waals surface area contributed by atoms with Gasteiger partial charge < -0.3 is 33.0 Å². The first-order valence-corrected chi connectivity index (χ1v) is 21.6. The molecule has 3 aromatic carbocycles. The molecule has 322 valence electrons. The quantitative estimate of drug-likeness (QED) is 0.118. The summed E-state index contributed by atoms with van der Waals surface area (Å²) in [4.78, 5) is 0. The van der Waals surface area contributed by atoms with E-state index in [4.69, 9.17) is 41.4 Å². The molecule has 0 heterocycles. The van der Waals surface area contributed by atoms with E-state index < -0.39 is 57.2 Å². The zero-order valence-electron chi connectivity index (χ0n) is 36.9. The van der Waals surface area contributed by atoms with E-state index in [-0.39, 0.29) is 0 Å². The SMILES string of the molecule is CC(C)(C)Oc1cc(OC(C)(C)C)c([PH+](c2ccccc2)c2c(OC(C)(C)C)cc(OC(C)(C)C)cc2OC(C)(C)C)c(OC(C)(C)C)c1.O=S(=O)([O-])C(F)(F)F. The minimum atomic E-state index is -6.09. The van der Waals surface area contributed by atoms with Crippen molar-refractivity contribution >= 4 is 34.0 Å². The van der Waals surface area contributed by atoms with Gasteiger partial charge in [0, 0.05) is 24.3 Å². The first kappa shape index (κ1) is 49.7. The van der Waals surface area contributed by atoms with E-state index in [0.717, 1.165) is 15.9 Å². The lowest BCUT2D eigenvalue weighted by atomic mass is 10.1. The number of rotatable bonds is 9. The van der Waals surface area contributed by atoms with Crippen LogP contribution >= 0.6 is 7.92 Å². The normalized spacial score (nSPS) is 13.4. The molecule has 9 nitrogen and oxygen atoms in total. The Bertz CT molecular complexity index is 1730. The number of benzene rings is 3. The van der Waals surface area contributed by atoms with Gasteiger partial charge >= 0.3 is 5.51 Å². The molecule has 0 atom stereocenters. The second-order valence-corrected chi connectivity index (χ2v) is 23.2. The highest BCUT2D eigenvalue weighted by Gasteiger charge is 2.43. The van der Waals surface area contributed by atoms with Crippen molar-refractivity contribution in [1.82, 2.24) is 0 Å². The van der Waals surface area contributed by atoms with Gasteiger partial charge in [-0.2, -0.15) is 13.2 Å². The Kier molecular flexibility index (Phi) is 15.2. The Morgan fingerprint density at radius 2 is 0.684 bits per heavy atom. The number of hydrogen-bond donors (Lipinski definition) is 0. The van der Waals surface area contributed by atoms with Crippen molar-refractivity contribution in [3.8, 4) is 34.5 Å². The molecule has 0 radical (unpaired) electrons. The fraction of sp³-hybridized carbons (Fsp3) is 0.581. The van der Waals surface area contributed by atoms with E-state index in [0.29, 0.717) is 34.5 Å². The Balaban J connectivity index is 0.00000126. The molecule has 0 N–H and O–H groups in total. The van der Waals surface area contributed by atoms with Crippen LogP contribution in [0.3, 0.4) is 0 Å². The van der Waals surface area contributed by atoms with E-state index in [1.807, 2.05) is 71.9 Å². The van der Waals surface area contributed by atoms with Gasteiger partial charge in [-0.05, 0) is 137 Å². The Morgan fingerprint density at radius 1 is 0.456 bits per heavy atom. The first-order chi connectivity index (χ1) is 25.2. The highest BCUT2D eigenvalue weighted by atomic mass is 32.2. The van der Waals surface area contributed by atoms with Gasteiger partial charge in [-0.15, -0.1) is 0 Å². The zero-order valence-corrected chi connectivity index (χ0v) is 38.7. The van der Waals surface area contributed by atoms with Crippen molar-refractivity contribution in [2.24, 2.45) is 0 Å². The van der Waals surface area contributed by atoms with Gasteiger partial charge in [-0.1, -0.05) is 18.2 Å². The molecule has 3 aromatic rings. The average molecular weight is 845 g/mol. The molecule has 0 fully saturated rings. The molecule has 0 spiro atoms. The molecular formula is C43H64F3O9PS. The van der Waals surface area contributed by atoms with Gasteiger partial charge in [0.25, 0.3) is 0 Å². The molecule has 0 aliphatic heterocycles. The van der Waals surface area contributed by atoms with E-state index in [1.54, 1.807) is 0 Å². The van der Waals surface area contributed by atoms with Gasteiger partial charge in [0.2, 0.25) is 0 Å². The maximum absolute atomic E-state index is 10.7. The van der Waals surface area contributed by atoms with E-state index in [2.05, 4.69) is 107 Å². The lowest BCUT2D eigenvalue weighted by molar-refractivity contribution is -0.0518. The van der Waals surface area contributed by atoms with E-state index in [1.165, 1.54) is 0 Å².